The number of hydrogen-bond acceptors (Lipinski definition) is 6. The number of rotatable bonds is 3. The van der Waals surface area contributed by atoms with Crippen molar-refractivity contribution in [1.29, 1.82) is 0 Å². The molecule has 1 saturated carbocycles. The molecule has 0 aromatic carbocycles. The molecule has 4 rings (SSSR count). The number of aromatic nitrogens is 4. The molecule has 5 atom stereocenters. The van der Waals surface area contributed by atoms with Crippen molar-refractivity contribution in [3.05, 3.63) is 16.7 Å². The quantitative estimate of drug-likeness (QED) is 0.624. The number of aliphatic imine (C=N–C) groups is 1. The van der Waals surface area contributed by atoms with E-state index in [9.17, 15) is 9.90 Å². The Labute approximate surface area is 144 Å². The smallest absolute Gasteiger partial charge is 0.280 e. The fourth-order valence-electron chi connectivity index (χ4n) is 3.86. The molecule has 1 saturated heterocycles. The molecule has 9 heteroatoms. The third-order valence-electron chi connectivity index (χ3n) is 5.07. The Hall–Kier alpha value is -2.26. The number of H-pyrrole nitrogens is 1. The van der Waals surface area contributed by atoms with Crippen molar-refractivity contribution in [3.8, 4) is 0 Å². The van der Waals surface area contributed by atoms with Crippen molar-refractivity contribution in [2.45, 2.75) is 38.2 Å². The first kappa shape index (κ1) is 16.2. The minimum atomic E-state index is -0.434. The van der Waals surface area contributed by atoms with Gasteiger partial charge in [-0.25, -0.2) is 9.98 Å². The van der Waals surface area contributed by atoms with Crippen molar-refractivity contribution >= 4 is 23.5 Å². The Morgan fingerprint density at radius 1 is 1.48 bits per heavy atom. The first-order valence-electron chi connectivity index (χ1n) is 8.45. The molecule has 1 aliphatic carbocycles. The summed E-state index contributed by atoms with van der Waals surface area (Å²) in [5.74, 6) is 0.946. The summed E-state index contributed by atoms with van der Waals surface area (Å²) in [6.45, 7) is 2.14. The van der Waals surface area contributed by atoms with E-state index in [1.54, 1.807) is 22.1 Å². The van der Waals surface area contributed by atoms with Gasteiger partial charge >= 0.3 is 0 Å². The molecule has 2 aliphatic rings. The van der Waals surface area contributed by atoms with Gasteiger partial charge in [-0.05, 0) is 24.7 Å². The molecule has 3 heterocycles. The fraction of sp³-hybridized carbons (Fsp3) is 0.625. The van der Waals surface area contributed by atoms with Gasteiger partial charge in [-0.1, -0.05) is 6.92 Å². The zero-order valence-corrected chi connectivity index (χ0v) is 14.5. The van der Waals surface area contributed by atoms with E-state index in [0.717, 1.165) is 12.8 Å². The van der Waals surface area contributed by atoms with Crippen LogP contribution in [0, 0.1) is 11.8 Å². The lowest BCUT2D eigenvalue weighted by Crippen LogP contribution is -2.23. The topological polar surface area (TPSA) is 109 Å². The summed E-state index contributed by atoms with van der Waals surface area (Å²) in [6, 6.07) is 0. The summed E-state index contributed by atoms with van der Waals surface area (Å²) in [5.41, 5.74) is 0.376. The van der Waals surface area contributed by atoms with Crippen molar-refractivity contribution in [3.63, 3.8) is 0 Å². The number of aliphatic hydroxyl groups is 1. The Bertz CT molecular complexity index is 856. The predicted octanol–water partition coefficient (Wildman–Crippen LogP) is 0.645. The van der Waals surface area contributed by atoms with E-state index in [0.29, 0.717) is 17.5 Å². The lowest BCUT2D eigenvalue weighted by atomic mass is 9.95. The summed E-state index contributed by atoms with van der Waals surface area (Å²) in [6.07, 6.45) is 3.82. The molecule has 2 aromatic rings. The lowest BCUT2D eigenvalue weighted by molar-refractivity contribution is -0.0525. The summed E-state index contributed by atoms with van der Waals surface area (Å²) in [4.78, 5) is 29.4. The Morgan fingerprint density at radius 2 is 2.28 bits per heavy atom. The molecule has 0 bridgehead atoms. The van der Waals surface area contributed by atoms with Crippen LogP contribution in [0.3, 0.4) is 0 Å². The van der Waals surface area contributed by atoms with Crippen molar-refractivity contribution < 1.29 is 9.84 Å². The highest BCUT2D eigenvalue weighted by Gasteiger charge is 2.48. The van der Waals surface area contributed by atoms with E-state index in [1.807, 2.05) is 14.1 Å². The molecule has 2 fully saturated rings. The van der Waals surface area contributed by atoms with Gasteiger partial charge < -0.3 is 14.7 Å². The number of aromatic amines is 1. The van der Waals surface area contributed by atoms with Crippen molar-refractivity contribution in [2.75, 3.05) is 14.1 Å². The van der Waals surface area contributed by atoms with Gasteiger partial charge in [-0.3, -0.25) is 14.3 Å². The minimum absolute atomic E-state index is 0.161. The summed E-state index contributed by atoms with van der Waals surface area (Å²) >= 11 is 0. The summed E-state index contributed by atoms with van der Waals surface area (Å²) in [5, 5.41) is 10.2. The monoisotopic (exact) mass is 346 g/mol. The van der Waals surface area contributed by atoms with Gasteiger partial charge in [0, 0.05) is 14.1 Å². The zero-order valence-electron chi connectivity index (χ0n) is 14.5. The average Bonchev–Trinajstić information content (AvgIpc) is 3.21. The van der Waals surface area contributed by atoms with Gasteiger partial charge in [-0.15, -0.1) is 0 Å². The van der Waals surface area contributed by atoms with E-state index in [2.05, 4.69) is 26.9 Å². The van der Waals surface area contributed by atoms with Crippen molar-refractivity contribution in [2.24, 2.45) is 16.8 Å². The van der Waals surface area contributed by atoms with E-state index < -0.39 is 6.10 Å². The van der Waals surface area contributed by atoms with Crippen LogP contribution in [0.5, 0.6) is 0 Å². The highest BCUT2D eigenvalue weighted by Crippen LogP contribution is 2.46. The Kier molecular flexibility index (Phi) is 3.84. The number of aliphatic hydroxyl groups excluding tert-OH is 1. The molecule has 0 amide bonds. The SMILES string of the molecule is C[C@@H]1C[C@@H](O)[C@H]2O[C@H](n3cnc4c(=O)[nH]c(N=CN(C)C)nc43)C[C@H]21. The van der Waals surface area contributed by atoms with Gasteiger partial charge in [0.25, 0.3) is 5.56 Å². The zero-order chi connectivity index (χ0) is 17.7. The van der Waals surface area contributed by atoms with Crippen molar-refractivity contribution in [1.82, 2.24) is 24.4 Å². The maximum absolute atomic E-state index is 12.2. The molecular weight excluding hydrogens is 324 g/mol. The number of imidazole rings is 1. The van der Waals surface area contributed by atoms with Crippen LogP contribution in [0.2, 0.25) is 0 Å². The van der Waals surface area contributed by atoms with Crippen LogP contribution in [0.25, 0.3) is 11.2 Å². The minimum Gasteiger partial charge on any atom is -0.390 e. The van der Waals surface area contributed by atoms with Gasteiger partial charge in [0.1, 0.15) is 6.23 Å². The van der Waals surface area contributed by atoms with Gasteiger partial charge in [0.05, 0.1) is 24.9 Å². The van der Waals surface area contributed by atoms with Crippen LogP contribution in [0.4, 0.5) is 5.95 Å². The third kappa shape index (κ3) is 2.73. The molecule has 25 heavy (non-hydrogen) atoms. The number of nitrogens with zero attached hydrogens (tertiary/aromatic N) is 5. The van der Waals surface area contributed by atoms with Gasteiger partial charge in [0.2, 0.25) is 5.95 Å². The molecule has 1 aliphatic heterocycles. The summed E-state index contributed by atoms with van der Waals surface area (Å²) in [7, 11) is 3.67. The largest absolute Gasteiger partial charge is 0.390 e. The van der Waals surface area contributed by atoms with E-state index in [1.165, 1.54) is 0 Å². The van der Waals surface area contributed by atoms with E-state index >= 15 is 0 Å². The first-order valence-corrected chi connectivity index (χ1v) is 8.45. The second-order valence-electron chi connectivity index (χ2n) is 7.16. The number of ether oxygens (including phenoxy) is 1. The third-order valence-corrected chi connectivity index (χ3v) is 5.07. The van der Waals surface area contributed by atoms with Crippen LogP contribution in [-0.2, 0) is 4.74 Å². The standard InChI is InChI=1S/C16H22N6O3/c1-8-4-10(23)13-9(8)5-11(25-13)22-7-17-12-14(22)19-16(20-15(12)24)18-6-21(2)3/h6-11,13,23H,4-5H2,1-3H3,(H,19,20,24)/t8-,9+,10-,11+,13+/m1/s1. The fourth-order valence-corrected chi connectivity index (χ4v) is 3.86. The molecule has 0 unspecified atom stereocenters. The normalized spacial score (nSPS) is 31.9. The predicted molar refractivity (Wildman–Crippen MR) is 91.8 cm³/mol. The first-order chi connectivity index (χ1) is 11.9. The summed E-state index contributed by atoms with van der Waals surface area (Å²) < 4.78 is 7.85. The second-order valence-corrected chi connectivity index (χ2v) is 7.16. The highest BCUT2D eigenvalue weighted by molar-refractivity contribution is 5.71. The van der Waals surface area contributed by atoms with Crippen LogP contribution < -0.4 is 5.56 Å². The Balaban J connectivity index is 1.70. The van der Waals surface area contributed by atoms with Gasteiger partial charge in [-0.2, -0.15) is 4.98 Å². The number of hydrogen-bond donors (Lipinski definition) is 2. The molecule has 2 aromatic heterocycles. The van der Waals surface area contributed by atoms with E-state index in [4.69, 9.17) is 4.74 Å². The molecular formula is C16H22N6O3. The maximum Gasteiger partial charge on any atom is 0.280 e. The molecule has 2 N–H and O–H groups in total. The van der Waals surface area contributed by atoms with Crippen LogP contribution in [0.1, 0.15) is 26.0 Å². The lowest BCUT2D eigenvalue weighted by Gasteiger charge is -2.17. The number of fused-ring (bicyclic) bond motifs is 2. The molecule has 9 nitrogen and oxygen atoms in total. The highest BCUT2D eigenvalue weighted by atomic mass is 16.5. The van der Waals surface area contributed by atoms with Crippen LogP contribution in [0.15, 0.2) is 16.1 Å². The average molecular weight is 346 g/mol. The van der Waals surface area contributed by atoms with Gasteiger partial charge in [0.15, 0.2) is 11.2 Å². The Morgan fingerprint density at radius 3 is 3.00 bits per heavy atom. The van der Waals surface area contributed by atoms with Crippen LogP contribution in [-0.4, -0.2) is 62.2 Å². The molecule has 0 spiro atoms. The number of nitrogens with one attached hydrogen (secondary N) is 1. The van der Waals surface area contributed by atoms with Crippen LogP contribution >= 0.6 is 0 Å². The second kappa shape index (κ2) is 5.92. The van der Waals surface area contributed by atoms with E-state index in [-0.39, 0.29) is 29.4 Å². The molecule has 134 valence electrons. The maximum atomic E-state index is 12.2. The molecule has 0 radical (unpaired) electrons.